The molecule has 1 rings (SSSR count). The van der Waals surface area contributed by atoms with Crippen LogP contribution < -0.4 is 0 Å². The van der Waals surface area contributed by atoms with E-state index in [0.29, 0.717) is 0 Å². The summed E-state index contributed by atoms with van der Waals surface area (Å²) in [5, 5.41) is 8.87. The molecule has 0 heterocycles. The van der Waals surface area contributed by atoms with Gasteiger partial charge in [0.2, 0.25) is 0 Å². The Kier molecular flexibility index (Phi) is 3.55. The fourth-order valence-corrected chi connectivity index (χ4v) is 1.54. The summed E-state index contributed by atoms with van der Waals surface area (Å²) in [6, 6.07) is 2.51. The first kappa shape index (κ1) is 9.54. The number of nitriles is 1. The summed E-state index contributed by atoms with van der Waals surface area (Å²) in [5.41, 5.74) is 0. The van der Waals surface area contributed by atoms with Crippen LogP contribution in [0.15, 0.2) is 0 Å². The highest BCUT2D eigenvalue weighted by Crippen LogP contribution is 2.30. The Bertz CT molecular complexity index is 167. The fraction of sp³-hybridized carbons (Fsp3) is 0.900. The molecule has 1 fully saturated rings. The molecule has 2 heteroatoms. The van der Waals surface area contributed by atoms with Crippen LogP contribution in [0.25, 0.3) is 0 Å². The average molecular weight is 166 g/mol. The van der Waals surface area contributed by atoms with Gasteiger partial charge in [-0.05, 0) is 31.7 Å². The van der Waals surface area contributed by atoms with E-state index in [1.807, 2.05) is 0 Å². The van der Waals surface area contributed by atoms with E-state index in [2.05, 4.69) is 24.8 Å². The molecule has 1 unspecified atom stereocenters. The zero-order chi connectivity index (χ0) is 8.97. The topological polar surface area (TPSA) is 27.0 Å². The van der Waals surface area contributed by atoms with Crippen LogP contribution in [0.2, 0.25) is 0 Å². The predicted octanol–water partition coefficient (Wildman–Crippen LogP) is 2.02. The fourth-order valence-electron chi connectivity index (χ4n) is 1.54. The summed E-state index contributed by atoms with van der Waals surface area (Å²) >= 11 is 0. The van der Waals surface area contributed by atoms with E-state index in [1.54, 1.807) is 0 Å². The highest BCUT2D eigenvalue weighted by atomic mass is 15.1. The van der Waals surface area contributed by atoms with Crippen molar-refractivity contribution in [3.63, 3.8) is 0 Å². The van der Waals surface area contributed by atoms with E-state index in [1.165, 1.54) is 12.8 Å². The van der Waals surface area contributed by atoms with Gasteiger partial charge in [-0.15, -0.1) is 0 Å². The number of nitrogens with zero attached hydrogens (tertiary/aromatic N) is 2. The van der Waals surface area contributed by atoms with E-state index in [4.69, 9.17) is 5.26 Å². The molecule has 0 spiro atoms. The summed E-state index contributed by atoms with van der Waals surface area (Å²) in [6.45, 7) is 6.39. The van der Waals surface area contributed by atoms with Crippen LogP contribution >= 0.6 is 0 Å². The quantitative estimate of drug-likeness (QED) is 0.624. The Morgan fingerprint density at radius 3 is 2.50 bits per heavy atom. The monoisotopic (exact) mass is 166 g/mol. The number of hydrogen-bond acceptors (Lipinski definition) is 2. The highest BCUT2D eigenvalue weighted by Gasteiger charge is 2.26. The molecule has 0 amide bonds. The van der Waals surface area contributed by atoms with Crippen molar-refractivity contribution in [3.8, 4) is 6.07 Å². The molecule has 1 aliphatic carbocycles. The van der Waals surface area contributed by atoms with Crippen LogP contribution in [0.4, 0.5) is 0 Å². The average Bonchev–Trinajstić information content (AvgIpc) is 2.88. The molecule has 0 aliphatic heterocycles. The molecule has 1 saturated carbocycles. The second-order valence-electron chi connectivity index (χ2n) is 3.58. The van der Waals surface area contributed by atoms with Gasteiger partial charge in [0.15, 0.2) is 0 Å². The van der Waals surface area contributed by atoms with Gasteiger partial charge in [-0.3, -0.25) is 4.90 Å². The van der Waals surface area contributed by atoms with Crippen molar-refractivity contribution < 1.29 is 0 Å². The number of hydrogen-bond donors (Lipinski definition) is 0. The van der Waals surface area contributed by atoms with Crippen molar-refractivity contribution in [3.05, 3.63) is 0 Å². The molecule has 0 bridgehead atoms. The maximum atomic E-state index is 8.87. The summed E-state index contributed by atoms with van der Waals surface area (Å²) in [6.07, 6.45) is 3.70. The lowest BCUT2D eigenvalue weighted by Gasteiger charge is -2.24. The van der Waals surface area contributed by atoms with Gasteiger partial charge in [0.25, 0.3) is 0 Å². The molecule has 0 saturated heterocycles. The van der Waals surface area contributed by atoms with Crippen LogP contribution in [-0.2, 0) is 0 Å². The molecule has 0 aromatic rings. The zero-order valence-electron chi connectivity index (χ0n) is 8.08. The molecule has 12 heavy (non-hydrogen) atoms. The van der Waals surface area contributed by atoms with E-state index in [0.717, 1.165) is 25.4 Å². The zero-order valence-corrected chi connectivity index (χ0v) is 8.08. The molecule has 0 N–H and O–H groups in total. The maximum Gasteiger partial charge on any atom is 0.0975 e. The summed E-state index contributed by atoms with van der Waals surface area (Å²) in [5.74, 6) is 0.896. The molecular formula is C10H18N2. The van der Waals surface area contributed by atoms with Crippen LogP contribution in [0.1, 0.15) is 33.1 Å². The Labute approximate surface area is 75.2 Å². The van der Waals surface area contributed by atoms with Crippen molar-refractivity contribution in [1.29, 1.82) is 5.26 Å². The van der Waals surface area contributed by atoms with Gasteiger partial charge < -0.3 is 0 Å². The van der Waals surface area contributed by atoms with Crippen molar-refractivity contribution in [2.75, 3.05) is 13.1 Å². The van der Waals surface area contributed by atoms with E-state index < -0.39 is 0 Å². The smallest absolute Gasteiger partial charge is 0.0975 e. The van der Waals surface area contributed by atoms with E-state index in [9.17, 15) is 0 Å². The minimum atomic E-state index is 0.149. The third-order valence-corrected chi connectivity index (χ3v) is 2.57. The third-order valence-electron chi connectivity index (χ3n) is 2.57. The standard InChI is InChI=1S/C10H18N2/c1-3-10(7-11)12(4-2)8-9-5-6-9/h9-10H,3-6,8H2,1-2H3. The minimum absolute atomic E-state index is 0.149. The van der Waals surface area contributed by atoms with Gasteiger partial charge >= 0.3 is 0 Å². The SMILES string of the molecule is CCC(C#N)N(CC)CC1CC1. The van der Waals surface area contributed by atoms with Crippen molar-refractivity contribution in [2.24, 2.45) is 5.92 Å². The first-order valence-corrected chi connectivity index (χ1v) is 4.95. The Morgan fingerprint density at radius 2 is 2.17 bits per heavy atom. The lowest BCUT2D eigenvalue weighted by Crippen LogP contribution is -2.35. The Hall–Kier alpha value is -0.550. The maximum absolute atomic E-state index is 8.87. The minimum Gasteiger partial charge on any atom is -0.288 e. The summed E-state index contributed by atoms with van der Waals surface area (Å²) < 4.78 is 0. The second kappa shape index (κ2) is 4.47. The molecule has 2 nitrogen and oxygen atoms in total. The van der Waals surface area contributed by atoms with Gasteiger partial charge in [0, 0.05) is 6.54 Å². The number of rotatable bonds is 5. The van der Waals surface area contributed by atoms with Crippen LogP contribution in [0.5, 0.6) is 0 Å². The van der Waals surface area contributed by atoms with Crippen LogP contribution in [0.3, 0.4) is 0 Å². The second-order valence-corrected chi connectivity index (χ2v) is 3.58. The molecule has 0 radical (unpaired) electrons. The van der Waals surface area contributed by atoms with Crippen molar-refractivity contribution >= 4 is 0 Å². The van der Waals surface area contributed by atoms with E-state index in [-0.39, 0.29) is 6.04 Å². The highest BCUT2D eigenvalue weighted by molar-refractivity contribution is 4.92. The molecule has 0 aromatic carbocycles. The lowest BCUT2D eigenvalue weighted by molar-refractivity contribution is 0.231. The summed E-state index contributed by atoms with van der Waals surface area (Å²) in [7, 11) is 0. The van der Waals surface area contributed by atoms with E-state index >= 15 is 0 Å². The molecule has 68 valence electrons. The van der Waals surface area contributed by atoms with Crippen molar-refractivity contribution in [1.82, 2.24) is 4.90 Å². The molecule has 1 aliphatic rings. The van der Waals surface area contributed by atoms with Crippen LogP contribution in [-0.4, -0.2) is 24.0 Å². The Morgan fingerprint density at radius 1 is 1.50 bits per heavy atom. The van der Waals surface area contributed by atoms with Gasteiger partial charge in [-0.1, -0.05) is 13.8 Å². The summed E-state index contributed by atoms with van der Waals surface area (Å²) in [4.78, 5) is 2.30. The normalized spacial score (nSPS) is 19.2. The van der Waals surface area contributed by atoms with Gasteiger partial charge in [-0.25, -0.2) is 0 Å². The van der Waals surface area contributed by atoms with Gasteiger partial charge in [0.05, 0.1) is 12.1 Å². The molecular weight excluding hydrogens is 148 g/mol. The molecule has 1 atom stereocenters. The third kappa shape index (κ3) is 2.49. The Balaban J connectivity index is 2.35. The van der Waals surface area contributed by atoms with Gasteiger partial charge in [0.1, 0.15) is 0 Å². The van der Waals surface area contributed by atoms with Gasteiger partial charge in [-0.2, -0.15) is 5.26 Å². The first-order chi connectivity index (χ1) is 5.81. The molecule has 0 aromatic heterocycles. The first-order valence-electron chi connectivity index (χ1n) is 4.95. The largest absolute Gasteiger partial charge is 0.288 e. The predicted molar refractivity (Wildman–Crippen MR) is 49.7 cm³/mol. The van der Waals surface area contributed by atoms with Crippen LogP contribution in [0, 0.1) is 17.2 Å². The lowest BCUT2D eigenvalue weighted by atomic mass is 10.2. The van der Waals surface area contributed by atoms with Crippen molar-refractivity contribution in [2.45, 2.75) is 39.2 Å².